The van der Waals surface area contributed by atoms with Gasteiger partial charge in [-0.15, -0.1) is 11.3 Å². The van der Waals surface area contributed by atoms with Crippen molar-refractivity contribution >= 4 is 34.7 Å². The molecular weight excluding hydrogens is 397 g/mol. The monoisotopic (exact) mass is 411 g/mol. The molecule has 2 aromatic carbocycles. The van der Waals surface area contributed by atoms with Gasteiger partial charge in [-0.3, -0.25) is 4.79 Å². The second-order valence-corrected chi connectivity index (χ2v) is 7.82. The van der Waals surface area contributed by atoms with E-state index in [0.717, 1.165) is 9.56 Å². The molecule has 0 aliphatic heterocycles. The third kappa shape index (κ3) is 3.69. The molecule has 0 atom stereocenters. The van der Waals surface area contributed by atoms with Crippen LogP contribution >= 0.6 is 22.9 Å². The Morgan fingerprint density at radius 3 is 2.36 bits per heavy atom. The first-order valence-corrected chi connectivity index (χ1v) is 9.74. The first-order chi connectivity index (χ1) is 13.6. The summed E-state index contributed by atoms with van der Waals surface area (Å²) in [5.74, 6) is -0.955. The number of nitrogens with zero attached hydrogens (tertiary/aromatic N) is 2. The normalized spacial score (nSPS) is 10.8. The maximum Gasteiger partial charge on any atom is 0.280 e. The van der Waals surface area contributed by atoms with E-state index in [2.05, 4.69) is 10.4 Å². The molecule has 2 heterocycles. The summed E-state index contributed by atoms with van der Waals surface area (Å²) in [6.07, 6.45) is 0. The van der Waals surface area contributed by atoms with E-state index < -0.39 is 11.7 Å². The molecule has 28 heavy (non-hydrogen) atoms. The van der Waals surface area contributed by atoms with Crippen LogP contribution in [0.4, 0.5) is 10.2 Å². The molecular formula is C21H15ClFN3OS. The van der Waals surface area contributed by atoms with Gasteiger partial charge in [-0.05, 0) is 24.3 Å². The fraction of sp³-hybridized carbons (Fsp3) is 0.0476. The first kappa shape index (κ1) is 18.4. The van der Waals surface area contributed by atoms with Crippen LogP contribution in [0.25, 0.3) is 11.3 Å². The highest BCUT2D eigenvalue weighted by molar-refractivity contribution is 7.16. The van der Waals surface area contributed by atoms with Crippen molar-refractivity contribution in [1.29, 1.82) is 0 Å². The Balaban J connectivity index is 1.75. The minimum Gasteiger partial charge on any atom is -0.363 e. The molecule has 0 saturated carbocycles. The zero-order valence-corrected chi connectivity index (χ0v) is 16.2. The van der Waals surface area contributed by atoms with Crippen LogP contribution in [-0.4, -0.2) is 15.7 Å². The van der Waals surface area contributed by atoms with E-state index in [-0.39, 0.29) is 11.5 Å². The summed E-state index contributed by atoms with van der Waals surface area (Å²) >= 11 is 7.36. The smallest absolute Gasteiger partial charge is 0.280 e. The molecule has 0 amide bonds. The molecule has 0 aliphatic rings. The number of halogens is 2. The van der Waals surface area contributed by atoms with Crippen LogP contribution in [0, 0.1) is 5.82 Å². The summed E-state index contributed by atoms with van der Waals surface area (Å²) < 4.78 is 17.0. The van der Waals surface area contributed by atoms with Crippen LogP contribution in [0.15, 0.2) is 72.8 Å². The van der Waals surface area contributed by atoms with Crippen LogP contribution in [0.2, 0.25) is 4.34 Å². The van der Waals surface area contributed by atoms with Crippen molar-refractivity contribution in [1.82, 2.24) is 9.78 Å². The van der Waals surface area contributed by atoms with E-state index in [4.69, 9.17) is 11.6 Å². The first-order valence-electron chi connectivity index (χ1n) is 8.55. The Morgan fingerprint density at radius 1 is 1.04 bits per heavy atom. The quantitative estimate of drug-likeness (QED) is 0.458. The summed E-state index contributed by atoms with van der Waals surface area (Å²) in [6, 6.07) is 21.3. The number of hydrogen-bond acceptors (Lipinski definition) is 4. The zero-order chi connectivity index (χ0) is 19.5. The highest BCUT2D eigenvalue weighted by Gasteiger charge is 2.24. The molecule has 0 saturated heterocycles. The third-order valence-corrected chi connectivity index (χ3v) is 5.38. The highest BCUT2D eigenvalue weighted by Crippen LogP contribution is 2.29. The molecule has 0 fully saturated rings. The van der Waals surface area contributed by atoms with Crippen LogP contribution < -0.4 is 5.32 Å². The van der Waals surface area contributed by atoms with Gasteiger partial charge in [-0.2, -0.15) is 9.78 Å². The topological polar surface area (TPSA) is 46.9 Å². The van der Waals surface area contributed by atoms with Gasteiger partial charge in [-0.1, -0.05) is 60.1 Å². The standard InChI is InChI=1S/C21H15ClFN3OS/c22-17-12-11-16(28-17)13-24-20-18(23)19(14-7-3-1-4-8-14)25-26(20)21(27)15-9-5-2-6-10-15/h1-12,24H,13H2. The number of aromatic nitrogens is 2. The predicted octanol–water partition coefficient (Wildman–Crippen LogP) is 5.70. The van der Waals surface area contributed by atoms with Crippen molar-refractivity contribution in [3.8, 4) is 11.3 Å². The fourth-order valence-electron chi connectivity index (χ4n) is 2.80. The Bertz CT molecular complexity index is 1110. The van der Waals surface area contributed by atoms with Gasteiger partial charge in [0.15, 0.2) is 11.6 Å². The van der Waals surface area contributed by atoms with Gasteiger partial charge < -0.3 is 5.32 Å². The molecule has 2 aromatic heterocycles. The van der Waals surface area contributed by atoms with Crippen LogP contribution in [0.3, 0.4) is 0 Å². The molecule has 0 spiro atoms. The molecule has 4 rings (SSSR count). The molecule has 140 valence electrons. The molecule has 4 nitrogen and oxygen atoms in total. The van der Waals surface area contributed by atoms with Gasteiger partial charge in [0.1, 0.15) is 5.69 Å². The van der Waals surface area contributed by atoms with E-state index in [1.165, 1.54) is 11.3 Å². The van der Waals surface area contributed by atoms with Crippen molar-refractivity contribution in [2.45, 2.75) is 6.54 Å². The van der Waals surface area contributed by atoms with Crippen molar-refractivity contribution in [2.75, 3.05) is 5.32 Å². The summed E-state index contributed by atoms with van der Waals surface area (Å²) in [5.41, 5.74) is 1.14. The van der Waals surface area contributed by atoms with Crippen LogP contribution in [-0.2, 0) is 6.54 Å². The van der Waals surface area contributed by atoms with E-state index in [1.807, 2.05) is 18.2 Å². The molecule has 7 heteroatoms. The lowest BCUT2D eigenvalue weighted by Crippen LogP contribution is -2.17. The average molecular weight is 412 g/mol. The number of carbonyl (C=O) groups is 1. The molecule has 0 bridgehead atoms. The number of benzene rings is 2. The fourth-order valence-corrected chi connectivity index (χ4v) is 3.83. The van der Waals surface area contributed by atoms with Gasteiger partial charge in [-0.25, -0.2) is 4.39 Å². The summed E-state index contributed by atoms with van der Waals surface area (Å²) in [5, 5.41) is 7.29. The average Bonchev–Trinajstić information content (AvgIpc) is 3.30. The second kappa shape index (κ2) is 7.96. The maximum absolute atomic E-state index is 15.2. The zero-order valence-electron chi connectivity index (χ0n) is 14.6. The van der Waals surface area contributed by atoms with Gasteiger partial charge >= 0.3 is 0 Å². The lowest BCUT2D eigenvalue weighted by Gasteiger charge is -2.08. The Labute approximate surface area is 170 Å². The van der Waals surface area contributed by atoms with Gasteiger partial charge in [0.05, 0.1) is 10.9 Å². The lowest BCUT2D eigenvalue weighted by molar-refractivity contribution is 0.0947. The van der Waals surface area contributed by atoms with Crippen LogP contribution in [0.1, 0.15) is 15.2 Å². The number of carbonyl (C=O) groups excluding carboxylic acids is 1. The summed E-state index contributed by atoms with van der Waals surface area (Å²) in [4.78, 5) is 13.9. The largest absolute Gasteiger partial charge is 0.363 e. The Morgan fingerprint density at radius 2 is 1.71 bits per heavy atom. The van der Waals surface area contributed by atoms with E-state index in [9.17, 15) is 4.79 Å². The van der Waals surface area contributed by atoms with Crippen molar-refractivity contribution in [3.05, 3.63) is 93.4 Å². The maximum atomic E-state index is 15.2. The lowest BCUT2D eigenvalue weighted by atomic mass is 10.1. The number of anilines is 1. The van der Waals surface area contributed by atoms with E-state index >= 15 is 4.39 Å². The molecule has 0 aliphatic carbocycles. The molecule has 1 N–H and O–H groups in total. The van der Waals surface area contributed by atoms with Crippen molar-refractivity contribution in [3.63, 3.8) is 0 Å². The van der Waals surface area contributed by atoms with Crippen LogP contribution in [0.5, 0.6) is 0 Å². The Kier molecular flexibility index (Phi) is 5.23. The minimum atomic E-state index is -0.571. The molecule has 0 unspecified atom stereocenters. The summed E-state index contributed by atoms with van der Waals surface area (Å²) in [7, 11) is 0. The molecule has 0 radical (unpaired) electrons. The number of nitrogens with one attached hydrogen (secondary N) is 1. The number of thiophene rings is 1. The predicted molar refractivity (Wildman–Crippen MR) is 110 cm³/mol. The minimum absolute atomic E-state index is 0.0252. The van der Waals surface area contributed by atoms with E-state index in [1.54, 1.807) is 54.6 Å². The Hall–Kier alpha value is -2.96. The molecule has 4 aromatic rings. The van der Waals surface area contributed by atoms with E-state index in [0.29, 0.717) is 22.0 Å². The number of rotatable bonds is 5. The van der Waals surface area contributed by atoms with Gasteiger partial charge in [0.2, 0.25) is 0 Å². The SMILES string of the molecule is O=C(c1ccccc1)n1nc(-c2ccccc2)c(F)c1NCc1ccc(Cl)s1. The van der Waals surface area contributed by atoms with Crippen molar-refractivity contribution < 1.29 is 9.18 Å². The second-order valence-electron chi connectivity index (χ2n) is 6.02. The number of hydrogen-bond donors (Lipinski definition) is 1. The van der Waals surface area contributed by atoms with Gasteiger partial charge in [0.25, 0.3) is 5.91 Å². The third-order valence-electron chi connectivity index (χ3n) is 4.15. The highest BCUT2D eigenvalue weighted by atomic mass is 35.5. The van der Waals surface area contributed by atoms with Gasteiger partial charge in [0, 0.05) is 16.0 Å². The summed E-state index contributed by atoms with van der Waals surface area (Å²) in [6.45, 7) is 0.330. The van der Waals surface area contributed by atoms with Crippen molar-refractivity contribution in [2.24, 2.45) is 0 Å².